The molecule has 4 rings (SSSR count). The molecule has 0 radical (unpaired) electrons. The molecular weight excluding hydrogens is 588 g/mol. The minimum Gasteiger partial charge on any atom is -0.495 e. The summed E-state index contributed by atoms with van der Waals surface area (Å²) in [5, 5.41) is 18.4. The molecule has 0 aliphatic rings. The van der Waals surface area contributed by atoms with Crippen LogP contribution in [0.1, 0.15) is 20.7 Å². The number of hydrogen-bond donors (Lipinski definition) is 3. The number of halogens is 1. The Morgan fingerprint density at radius 2 is 1.10 bits per heavy atom. The standard InChI is InChI=1S/C26H18O9S.ClHO4/c1-34-21-11-10-19(14-24(21)36(31,32)33)20-12-22(15-2-6-17(7-3-15)25(27)28)35-23(13-20)16-4-8-18(9-5-16)26(29)30;2-1(3,4)5/h2-14H,1H3,(H2-,27,28,29,30,31,32,33);(H,2,3,4,5). The zero-order valence-corrected chi connectivity index (χ0v) is 22.3. The van der Waals surface area contributed by atoms with Gasteiger partial charge in [-0.25, -0.2) is 32.6 Å². The third-order valence-electron chi connectivity index (χ3n) is 5.40. The molecule has 41 heavy (non-hydrogen) atoms. The topological polar surface area (TPSA) is 242 Å². The lowest BCUT2D eigenvalue weighted by molar-refractivity contribution is -2.00. The van der Waals surface area contributed by atoms with Crippen molar-refractivity contribution in [2.24, 2.45) is 0 Å². The van der Waals surface area contributed by atoms with E-state index >= 15 is 0 Å². The van der Waals surface area contributed by atoms with Crippen molar-refractivity contribution in [3.8, 4) is 39.5 Å². The second kappa shape index (κ2) is 12.4. The zero-order valence-electron chi connectivity index (χ0n) is 20.7. The lowest BCUT2D eigenvalue weighted by atomic mass is 10.0. The first kappa shape index (κ1) is 31.1. The van der Waals surface area contributed by atoms with Crippen molar-refractivity contribution in [2.45, 2.75) is 4.90 Å². The average Bonchev–Trinajstić information content (AvgIpc) is 2.91. The molecule has 0 atom stereocenters. The van der Waals surface area contributed by atoms with Crippen LogP contribution in [-0.4, -0.2) is 42.2 Å². The minimum atomic E-state index is -4.94. The predicted octanol–water partition coefficient (Wildman–Crippen LogP) is 0.457. The molecule has 0 amide bonds. The molecule has 0 aliphatic heterocycles. The van der Waals surface area contributed by atoms with Crippen molar-refractivity contribution in [1.29, 1.82) is 0 Å². The van der Waals surface area contributed by atoms with Crippen LogP contribution in [0.25, 0.3) is 33.8 Å². The van der Waals surface area contributed by atoms with Crippen LogP contribution in [0.4, 0.5) is 0 Å². The van der Waals surface area contributed by atoms with Gasteiger partial charge in [0.25, 0.3) is 10.1 Å². The first-order chi connectivity index (χ1) is 19.1. The molecule has 13 nitrogen and oxygen atoms in total. The molecule has 0 saturated carbocycles. The summed E-state index contributed by atoms with van der Waals surface area (Å²) in [6, 6.07) is 19.5. The van der Waals surface area contributed by atoms with Gasteiger partial charge in [-0.2, -0.15) is 8.42 Å². The van der Waals surface area contributed by atoms with Gasteiger partial charge in [0.2, 0.25) is 0 Å². The van der Waals surface area contributed by atoms with E-state index < -0.39 is 37.2 Å². The van der Waals surface area contributed by atoms with Gasteiger partial charge in [-0.1, -0.05) is 6.07 Å². The molecule has 1 aromatic heterocycles. The van der Waals surface area contributed by atoms with Crippen molar-refractivity contribution >= 4 is 22.1 Å². The molecule has 0 bridgehead atoms. The summed E-state index contributed by atoms with van der Waals surface area (Å²) < 4.78 is 78.6. The van der Waals surface area contributed by atoms with Gasteiger partial charge in [0, 0.05) is 5.56 Å². The highest BCUT2D eigenvalue weighted by Crippen LogP contribution is 2.36. The van der Waals surface area contributed by atoms with Crippen molar-refractivity contribution < 1.29 is 70.8 Å². The Morgan fingerprint density at radius 1 is 0.707 bits per heavy atom. The summed E-state index contributed by atoms with van der Waals surface area (Å²) in [5.41, 5.74) is 2.22. The van der Waals surface area contributed by atoms with Gasteiger partial charge in [0.1, 0.15) is 10.6 Å². The first-order valence-electron chi connectivity index (χ1n) is 11.0. The van der Waals surface area contributed by atoms with E-state index in [1.807, 2.05) is 0 Å². The SMILES string of the molecule is COc1ccc(-c2cc(-c3ccc(C(=O)O)cc3)[o+]c(-c3ccc(C(=O)O)cc3)c2)cc1S(=O)(=O)O.[O-][Cl+3]([O-])([O-])[O-]. The van der Waals surface area contributed by atoms with E-state index in [1.54, 1.807) is 42.5 Å². The summed E-state index contributed by atoms with van der Waals surface area (Å²) in [5.74, 6) is -1.52. The first-order valence-corrected chi connectivity index (χ1v) is 13.7. The molecule has 0 spiro atoms. The molecular formula is C26H19ClO13S. The fourth-order valence-corrected chi connectivity index (χ4v) is 4.25. The third kappa shape index (κ3) is 8.54. The van der Waals surface area contributed by atoms with Crippen LogP contribution in [0.15, 0.2) is 88.2 Å². The molecule has 1 heterocycles. The highest BCUT2D eigenvalue weighted by molar-refractivity contribution is 7.86. The number of ether oxygens (including phenoxy) is 1. The number of methoxy groups -OCH3 is 1. The predicted molar refractivity (Wildman–Crippen MR) is 130 cm³/mol. The van der Waals surface area contributed by atoms with Crippen molar-refractivity contribution in [2.75, 3.05) is 7.11 Å². The molecule has 214 valence electrons. The van der Waals surface area contributed by atoms with Gasteiger partial charge in [-0.3, -0.25) is 4.55 Å². The molecule has 3 N–H and O–H groups in total. The summed E-state index contributed by atoms with van der Waals surface area (Å²) in [6.07, 6.45) is 0. The van der Waals surface area contributed by atoms with Gasteiger partial charge >= 0.3 is 23.5 Å². The van der Waals surface area contributed by atoms with Crippen LogP contribution in [-0.2, 0) is 10.1 Å². The Kier molecular flexibility index (Phi) is 9.42. The van der Waals surface area contributed by atoms with Gasteiger partial charge in [0.05, 0.1) is 41.5 Å². The van der Waals surface area contributed by atoms with Crippen LogP contribution in [0.3, 0.4) is 0 Å². The molecule has 0 fully saturated rings. The highest BCUT2D eigenvalue weighted by Gasteiger charge is 2.23. The van der Waals surface area contributed by atoms with Gasteiger partial charge in [0.15, 0.2) is 0 Å². The zero-order chi connectivity index (χ0) is 30.5. The van der Waals surface area contributed by atoms with Gasteiger partial charge in [-0.05, 0) is 66.2 Å². The monoisotopic (exact) mass is 606 g/mol. The van der Waals surface area contributed by atoms with E-state index in [9.17, 15) is 32.8 Å². The Balaban J connectivity index is 0.000000850. The van der Waals surface area contributed by atoms with Crippen LogP contribution in [0.5, 0.6) is 5.75 Å². The van der Waals surface area contributed by atoms with E-state index in [-0.39, 0.29) is 16.9 Å². The van der Waals surface area contributed by atoms with Crippen molar-refractivity contribution in [3.05, 3.63) is 90.0 Å². The largest absolute Gasteiger partial charge is 0.495 e. The lowest BCUT2D eigenvalue weighted by Crippen LogP contribution is -2.68. The van der Waals surface area contributed by atoms with E-state index in [1.165, 1.54) is 43.5 Å². The van der Waals surface area contributed by atoms with Gasteiger partial charge in [-0.15, -0.1) is 10.2 Å². The molecule has 0 aliphatic carbocycles. The second-order valence-corrected chi connectivity index (χ2v) is 10.2. The quantitative estimate of drug-likeness (QED) is 0.191. The van der Waals surface area contributed by atoms with E-state index in [4.69, 9.17) is 27.8 Å². The number of carbonyl (C=O) groups is 2. The maximum Gasteiger partial charge on any atom is 0.361 e. The van der Waals surface area contributed by atoms with Crippen LogP contribution in [0, 0.1) is 10.2 Å². The van der Waals surface area contributed by atoms with Crippen molar-refractivity contribution in [3.63, 3.8) is 0 Å². The number of carboxylic acids is 2. The Labute approximate surface area is 234 Å². The van der Waals surface area contributed by atoms with E-state index in [2.05, 4.69) is 0 Å². The minimum absolute atomic E-state index is 0.0316. The molecule has 3 aromatic carbocycles. The second-order valence-electron chi connectivity index (χ2n) is 8.06. The van der Waals surface area contributed by atoms with E-state index in [0.29, 0.717) is 33.8 Å². The van der Waals surface area contributed by atoms with Gasteiger partial charge < -0.3 is 14.9 Å². The van der Waals surface area contributed by atoms with Crippen LogP contribution >= 0.6 is 0 Å². The normalized spacial score (nSPS) is 11.3. The van der Waals surface area contributed by atoms with Crippen molar-refractivity contribution in [1.82, 2.24) is 0 Å². The Morgan fingerprint density at radius 3 is 1.44 bits per heavy atom. The van der Waals surface area contributed by atoms with Crippen LogP contribution < -0.4 is 23.4 Å². The number of aromatic carboxylic acids is 2. The van der Waals surface area contributed by atoms with E-state index in [0.717, 1.165) is 0 Å². The molecule has 0 unspecified atom stereocenters. The summed E-state index contributed by atoms with van der Waals surface area (Å²) in [6.45, 7) is 0. The fourth-order valence-electron chi connectivity index (χ4n) is 3.56. The highest BCUT2D eigenvalue weighted by atomic mass is 35.7. The Hall–Kier alpha value is -4.41. The Bertz CT molecular complexity index is 1600. The molecule has 0 saturated heterocycles. The third-order valence-corrected chi connectivity index (χ3v) is 6.28. The lowest BCUT2D eigenvalue weighted by Gasteiger charge is -2.17. The average molecular weight is 607 g/mol. The number of carboxylic acid groups (broad SMARTS) is 2. The number of benzene rings is 3. The molecule has 15 heteroatoms. The summed E-state index contributed by atoms with van der Waals surface area (Å²) in [4.78, 5) is 22.0. The maximum atomic E-state index is 11.9. The number of rotatable bonds is 7. The number of hydrogen-bond acceptors (Lipinski definition) is 9. The smallest absolute Gasteiger partial charge is 0.361 e. The maximum absolute atomic E-state index is 11.9. The summed E-state index contributed by atoms with van der Waals surface area (Å²) in [7, 11) is -8.25. The summed E-state index contributed by atoms with van der Waals surface area (Å²) >= 11 is 0. The van der Waals surface area contributed by atoms with Crippen LogP contribution in [0.2, 0.25) is 0 Å². The fraction of sp³-hybridized carbons (Fsp3) is 0.0385. The molecule has 4 aromatic rings.